The summed E-state index contributed by atoms with van der Waals surface area (Å²) in [6, 6.07) is 10.5. The first-order valence-corrected chi connectivity index (χ1v) is 9.31. The molecular weight excluding hydrogens is 453 g/mol. The summed E-state index contributed by atoms with van der Waals surface area (Å²) in [4.78, 5) is 8.80. The number of hydrogen-bond donors (Lipinski definition) is 2. The maximum Gasteiger partial charge on any atom is 0.191 e. The third-order valence-corrected chi connectivity index (χ3v) is 4.79. The molecule has 0 bridgehead atoms. The lowest BCUT2D eigenvalue weighted by Crippen LogP contribution is -2.46. The summed E-state index contributed by atoms with van der Waals surface area (Å²) in [6.07, 6.45) is 6.97. The molecule has 3 rings (SSSR count). The van der Waals surface area contributed by atoms with Gasteiger partial charge in [0.1, 0.15) is 5.82 Å². The Morgan fingerprint density at radius 2 is 2.11 bits per heavy atom. The fourth-order valence-electron chi connectivity index (χ4n) is 3.25. The highest BCUT2D eigenvalue weighted by molar-refractivity contribution is 14.0. The molecule has 6 nitrogen and oxygen atoms in total. The molecule has 1 aliphatic rings. The molecule has 0 spiro atoms. The molecule has 2 aromatic rings. The average molecular weight is 483 g/mol. The highest BCUT2D eigenvalue weighted by Gasteiger charge is 2.29. The van der Waals surface area contributed by atoms with Crippen LogP contribution < -0.4 is 10.6 Å². The normalized spacial score (nSPS) is 19.6. The predicted octanol–water partition coefficient (Wildman–Crippen LogP) is 2.83. The molecule has 2 N–H and O–H groups in total. The standard InChI is InChI=1S/C20H29N5O.HI/c1-20(10-6-14-26-20)16-24-19(21-2)23-11-9-18-22-12-13-25(18)15-17-7-4-3-5-8-17;/h3-5,7-8,12-13H,6,9-11,14-16H2,1-2H3,(H2,21,23,24);1H. The third-order valence-electron chi connectivity index (χ3n) is 4.79. The van der Waals surface area contributed by atoms with E-state index in [0.717, 1.165) is 57.3 Å². The minimum absolute atomic E-state index is 0. The molecule has 0 saturated carbocycles. The van der Waals surface area contributed by atoms with Crippen LogP contribution in [0.25, 0.3) is 0 Å². The zero-order chi connectivity index (χ0) is 18.2. The molecule has 2 heterocycles. The van der Waals surface area contributed by atoms with Gasteiger partial charge in [-0.15, -0.1) is 24.0 Å². The first kappa shape index (κ1) is 21.7. The molecule has 27 heavy (non-hydrogen) atoms. The van der Waals surface area contributed by atoms with Crippen molar-refractivity contribution < 1.29 is 4.74 Å². The minimum atomic E-state index is -0.0798. The van der Waals surface area contributed by atoms with Crippen LogP contribution in [0.15, 0.2) is 47.7 Å². The van der Waals surface area contributed by atoms with E-state index >= 15 is 0 Å². The molecule has 0 amide bonds. The third kappa shape index (κ3) is 6.49. The molecule has 1 aliphatic heterocycles. The molecule has 0 radical (unpaired) electrons. The lowest BCUT2D eigenvalue weighted by atomic mass is 10.0. The van der Waals surface area contributed by atoms with Crippen molar-refractivity contribution in [3.8, 4) is 0 Å². The summed E-state index contributed by atoms with van der Waals surface area (Å²) in [5.41, 5.74) is 1.20. The molecule has 1 atom stereocenters. The summed E-state index contributed by atoms with van der Waals surface area (Å²) in [7, 11) is 1.80. The Bertz CT molecular complexity index is 710. The number of hydrogen-bond acceptors (Lipinski definition) is 3. The number of halogens is 1. The van der Waals surface area contributed by atoms with Gasteiger partial charge >= 0.3 is 0 Å². The molecule has 1 fully saturated rings. The monoisotopic (exact) mass is 483 g/mol. The Morgan fingerprint density at radius 3 is 2.81 bits per heavy atom. The fraction of sp³-hybridized carbons (Fsp3) is 0.500. The van der Waals surface area contributed by atoms with Gasteiger partial charge in [0.05, 0.1) is 5.60 Å². The average Bonchev–Trinajstić information content (AvgIpc) is 3.28. The molecule has 148 valence electrons. The Hall–Kier alpha value is -1.61. The first-order valence-electron chi connectivity index (χ1n) is 9.31. The van der Waals surface area contributed by atoms with E-state index in [0.29, 0.717) is 0 Å². The van der Waals surface area contributed by atoms with E-state index in [-0.39, 0.29) is 29.6 Å². The second kappa shape index (κ2) is 10.7. The highest BCUT2D eigenvalue weighted by Crippen LogP contribution is 2.23. The van der Waals surface area contributed by atoms with Crippen molar-refractivity contribution in [1.29, 1.82) is 0 Å². The van der Waals surface area contributed by atoms with Crippen LogP contribution in [0.3, 0.4) is 0 Å². The van der Waals surface area contributed by atoms with Gasteiger partial charge in [0.2, 0.25) is 0 Å². The van der Waals surface area contributed by atoms with Crippen molar-refractivity contribution in [1.82, 2.24) is 20.2 Å². The van der Waals surface area contributed by atoms with Crippen LogP contribution in [0, 0.1) is 0 Å². The number of aromatic nitrogens is 2. The smallest absolute Gasteiger partial charge is 0.191 e. The van der Waals surface area contributed by atoms with Gasteiger partial charge in [-0.2, -0.15) is 0 Å². The highest BCUT2D eigenvalue weighted by atomic mass is 127. The van der Waals surface area contributed by atoms with Gasteiger partial charge in [-0.1, -0.05) is 30.3 Å². The number of rotatable bonds is 7. The van der Waals surface area contributed by atoms with Gasteiger partial charge in [-0.3, -0.25) is 4.99 Å². The number of guanidine groups is 1. The van der Waals surface area contributed by atoms with Crippen LogP contribution in [0.5, 0.6) is 0 Å². The van der Waals surface area contributed by atoms with E-state index in [2.05, 4.69) is 56.4 Å². The molecule has 1 unspecified atom stereocenters. The molecule has 1 aromatic carbocycles. The number of benzene rings is 1. The van der Waals surface area contributed by atoms with Gasteiger partial charge in [-0.05, 0) is 25.3 Å². The zero-order valence-corrected chi connectivity index (χ0v) is 18.5. The Labute approximate surface area is 178 Å². The molecule has 7 heteroatoms. The van der Waals surface area contributed by atoms with Crippen molar-refractivity contribution >= 4 is 29.9 Å². The van der Waals surface area contributed by atoms with Gasteiger partial charge in [0.25, 0.3) is 0 Å². The van der Waals surface area contributed by atoms with Crippen LogP contribution in [0.2, 0.25) is 0 Å². The Balaban J connectivity index is 0.00000261. The number of nitrogens with zero attached hydrogens (tertiary/aromatic N) is 3. The number of aliphatic imine (C=N–C) groups is 1. The Morgan fingerprint density at radius 1 is 1.30 bits per heavy atom. The van der Waals surface area contributed by atoms with Gasteiger partial charge in [-0.25, -0.2) is 4.98 Å². The molecular formula is C20H30IN5O. The van der Waals surface area contributed by atoms with E-state index in [4.69, 9.17) is 4.74 Å². The summed E-state index contributed by atoms with van der Waals surface area (Å²) in [6.45, 7) is 5.41. The largest absolute Gasteiger partial charge is 0.373 e. The second-order valence-corrected chi connectivity index (χ2v) is 6.96. The van der Waals surface area contributed by atoms with Crippen LogP contribution in [0.1, 0.15) is 31.2 Å². The van der Waals surface area contributed by atoms with E-state index < -0.39 is 0 Å². The number of nitrogens with one attached hydrogen (secondary N) is 2. The van der Waals surface area contributed by atoms with Crippen molar-refractivity contribution in [3.63, 3.8) is 0 Å². The van der Waals surface area contributed by atoms with Crippen molar-refractivity contribution in [2.45, 2.75) is 38.3 Å². The Kier molecular flexibility index (Phi) is 8.56. The second-order valence-electron chi connectivity index (χ2n) is 6.96. The summed E-state index contributed by atoms with van der Waals surface area (Å²) in [5.74, 6) is 1.88. The quantitative estimate of drug-likeness (QED) is 0.361. The topological polar surface area (TPSA) is 63.5 Å². The van der Waals surface area contributed by atoms with E-state index in [1.165, 1.54) is 5.56 Å². The lowest BCUT2D eigenvalue weighted by Gasteiger charge is -2.24. The number of imidazole rings is 1. The maximum absolute atomic E-state index is 5.81. The predicted molar refractivity (Wildman–Crippen MR) is 120 cm³/mol. The summed E-state index contributed by atoms with van der Waals surface area (Å²) >= 11 is 0. The van der Waals surface area contributed by atoms with Crippen LogP contribution in [-0.2, 0) is 17.7 Å². The van der Waals surface area contributed by atoms with Gasteiger partial charge < -0.3 is 19.9 Å². The lowest BCUT2D eigenvalue weighted by molar-refractivity contribution is 0.0243. The van der Waals surface area contributed by atoms with Crippen molar-refractivity contribution in [2.24, 2.45) is 4.99 Å². The molecule has 1 aromatic heterocycles. The zero-order valence-electron chi connectivity index (χ0n) is 16.1. The summed E-state index contributed by atoms with van der Waals surface area (Å²) < 4.78 is 8.01. The van der Waals surface area contributed by atoms with Crippen molar-refractivity contribution in [3.05, 3.63) is 54.1 Å². The summed E-state index contributed by atoms with van der Waals surface area (Å²) in [5, 5.41) is 6.74. The molecule has 0 aliphatic carbocycles. The van der Waals surface area contributed by atoms with Gasteiger partial charge in [0, 0.05) is 52.1 Å². The minimum Gasteiger partial charge on any atom is -0.373 e. The first-order chi connectivity index (χ1) is 12.7. The molecule has 1 saturated heterocycles. The van der Waals surface area contributed by atoms with Crippen LogP contribution in [-0.4, -0.2) is 47.9 Å². The van der Waals surface area contributed by atoms with Gasteiger partial charge in [0.15, 0.2) is 5.96 Å². The fourth-order valence-corrected chi connectivity index (χ4v) is 3.25. The van der Waals surface area contributed by atoms with E-state index in [1.807, 2.05) is 18.5 Å². The van der Waals surface area contributed by atoms with E-state index in [1.54, 1.807) is 7.05 Å². The van der Waals surface area contributed by atoms with Crippen LogP contribution in [0.4, 0.5) is 0 Å². The SMILES string of the molecule is CN=C(NCCc1nccn1Cc1ccccc1)NCC1(C)CCCO1.I. The van der Waals surface area contributed by atoms with Crippen molar-refractivity contribution in [2.75, 3.05) is 26.7 Å². The van der Waals surface area contributed by atoms with E-state index in [9.17, 15) is 0 Å². The van der Waals surface area contributed by atoms with Crippen LogP contribution >= 0.6 is 24.0 Å². The maximum atomic E-state index is 5.81. The number of ether oxygens (including phenoxy) is 1.